The van der Waals surface area contributed by atoms with E-state index in [1.54, 1.807) is 5.56 Å². The lowest BCUT2D eigenvalue weighted by Crippen LogP contribution is -2.28. The number of hydrogen-bond donors (Lipinski definition) is 0. The average Bonchev–Trinajstić information content (AvgIpc) is 3.65. The van der Waals surface area contributed by atoms with Crippen molar-refractivity contribution >= 4 is 23.1 Å². The lowest BCUT2D eigenvalue weighted by Gasteiger charge is -2.35. The van der Waals surface area contributed by atoms with E-state index in [1.165, 1.54) is 105 Å². The minimum atomic E-state index is -0.438. The van der Waals surface area contributed by atoms with Crippen LogP contribution in [0, 0.1) is 5.92 Å². The molecule has 0 bridgehead atoms. The van der Waals surface area contributed by atoms with E-state index in [9.17, 15) is 0 Å². The molecule has 1 heteroatoms. The Morgan fingerprint density at radius 1 is 0.484 bits per heavy atom. The maximum Gasteiger partial charge on any atom is 0.0713 e. The van der Waals surface area contributed by atoms with Gasteiger partial charge < -0.3 is 4.90 Å². The highest BCUT2D eigenvalue weighted by Gasteiger charge is 2.46. The van der Waals surface area contributed by atoms with Gasteiger partial charge in [0.1, 0.15) is 0 Å². The maximum atomic E-state index is 2.49. The standard InChI is InChI=1S/C63H57N/c1-62(2,3)48-36-40-52(41-37-48)64(60-32-16-14-28-56(60)57-30-18-22-46-21-17-29-53(61(46)57)45-19-7-4-8-20-45)51-38-33-44(34-39-51)47-35-42-55-54-27-13-15-31-58(54)63(59(55)43-47,49-23-9-5-10-24-49)50-25-11-6-12-26-50/h5-6,9-18,21-28,30-43,45,53H,4,7-8,19-20,29H2,1-3H3. The Labute approximate surface area is 380 Å². The molecular formula is C63H57N. The summed E-state index contributed by atoms with van der Waals surface area (Å²) in [7, 11) is 0. The molecule has 1 saturated carbocycles. The fraction of sp³-hybridized carbons (Fsp3) is 0.206. The average molecular weight is 828 g/mol. The van der Waals surface area contributed by atoms with Crippen LogP contribution in [0.5, 0.6) is 0 Å². The molecule has 0 aliphatic heterocycles. The van der Waals surface area contributed by atoms with Gasteiger partial charge in [-0.15, -0.1) is 0 Å². The second kappa shape index (κ2) is 16.5. The zero-order valence-corrected chi connectivity index (χ0v) is 37.5. The van der Waals surface area contributed by atoms with Gasteiger partial charge in [0.25, 0.3) is 0 Å². The van der Waals surface area contributed by atoms with Gasteiger partial charge in [-0.05, 0) is 140 Å². The summed E-state index contributed by atoms with van der Waals surface area (Å²) in [5, 5.41) is 0. The predicted molar refractivity (Wildman–Crippen MR) is 271 cm³/mol. The van der Waals surface area contributed by atoms with Crippen LogP contribution in [0.4, 0.5) is 17.1 Å². The topological polar surface area (TPSA) is 3.24 Å². The van der Waals surface area contributed by atoms with E-state index in [0.29, 0.717) is 5.92 Å². The quantitative estimate of drug-likeness (QED) is 0.147. The first-order chi connectivity index (χ1) is 31.4. The van der Waals surface area contributed by atoms with Crippen molar-refractivity contribution in [1.29, 1.82) is 0 Å². The van der Waals surface area contributed by atoms with Crippen LogP contribution in [0.25, 0.3) is 39.5 Å². The highest BCUT2D eigenvalue weighted by molar-refractivity contribution is 5.92. The number of allylic oxidation sites excluding steroid dienone is 1. The minimum Gasteiger partial charge on any atom is -0.310 e. The van der Waals surface area contributed by atoms with Gasteiger partial charge in [0, 0.05) is 16.9 Å². The molecule has 1 fully saturated rings. The van der Waals surface area contributed by atoms with Crippen LogP contribution in [-0.4, -0.2) is 0 Å². The van der Waals surface area contributed by atoms with E-state index in [4.69, 9.17) is 0 Å². The normalized spacial score (nSPS) is 16.5. The number of nitrogens with zero attached hydrogens (tertiary/aromatic N) is 1. The van der Waals surface area contributed by atoms with Gasteiger partial charge in [-0.1, -0.05) is 210 Å². The van der Waals surface area contributed by atoms with Crippen LogP contribution in [0.1, 0.15) is 104 Å². The summed E-state index contributed by atoms with van der Waals surface area (Å²) >= 11 is 0. The zero-order valence-electron chi connectivity index (χ0n) is 37.5. The number of benzene rings is 8. The Bertz CT molecular complexity index is 2920. The molecule has 0 amide bonds. The molecule has 1 unspecified atom stereocenters. The molecule has 314 valence electrons. The van der Waals surface area contributed by atoms with E-state index < -0.39 is 5.41 Å². The number of fused-ring (bicyclic) bond motifs is 4. The van der Waals surface area contributed by atoms with E-state index in [1.807, 2.05) is 0 Å². The van der Waals surface area contributed by atoms with Gasteiger partial charge in [-0.25, -0.2) is 0 Å². The highest BCUT2D eigenvalue weighted by Crippen LogP contribution is 2.57. The Morgan fingerprint density at radius 3 is 1.75 bits per heavy atom. The fourth-order valence-corrected chi connectivity index (χ4v) is 11.7. The first-order valence-corrected chi connectivity index (χ1v) is 23.6. The van der Waals surface area contributed by atoms with Crippen LogP contribution in [0.3, 0.4) is 0 Å². The number of para-hydroxylation sites is 1. The molecule has 1 atom stereocenters. The molecule has 1 nitrogen and oxygen atoms in total. The van der Waals surface area contributed by atoms with Gasteiger partial charge in [-0.3, -0.25) is 0 Å². The van der Waals surface area contributed by atoms with Crippen LogP contribution in [0.15, 0.2) is 200 Å². The number of hydrogen-bond acceptors (Lipinski definition) is 1. The predicted octanol–water partition coefficient (Wildman–Crippen LogP) is 17.2. The smallest absolute Gasteiger partial charge is 0.0713 e. The molecule has 11 rings (SSSR count). The van der Waals surface area contributed by atoms with Crippen molar-refractivity contribution in [3.05, 3.63) is 239 Å². The van der Waals surface area contributed by atoms with E-state index in [0.717, 1.165) is 23.7 Å². The van der Waals surface area contributed by atoms with Crippen molar-refractivity contribution < 1.29 is 0 Å². The summed E-state index contributed by atoms with van der Waals surface area (Å²) in [4.78, 5) is 2.49. The summed E-state index contributed by atoms with van der Waals surface area (Å²) in [5.41, 5.74) is 20.3. The molecule has 0 heterocycles. The van der Waals surface area contributed by atoms with Crippen molar-refractivity contribution in [2.45, 2.75) is 76.0 Å². The fourth-order valence-electron chi connectivity index (χ4n) is 11.7. The summed E-state index contributed by atoms with van der Waals surface area (Å²) < 4.78 is 0. The minimum absolute atomic E-state index is 0.0590. The van der Waals surface area contributed by atoms with Gasteiger partial charge in [-0.2, -0.15) is 0 Å². The first kappa shape index (κ1) is 40.1. The Balaban J connectivity index is 1.04. The second-order valence-corrected chi connectivity index (χ2v) is 19.4. The van der Waals surface area contributed by atoms with E-state index in [2.05, 4.69) is 232 Å². The monoisotopic (exact) mass is 827 g/mol. The molecule has 0 saturated heterocycles. The summed E-state index contributed by atoms with van der Waals surface area (Å²) in [6.45, 7) is 6.89. The second-order valence-electron chi connectivity index (χ2n) is 19.4. The molecule has 0 spiro atoms. The largest absolute Gasteiger partial charge is 0.310 e. The first-order valence-electron chi connectivity index (χ1n) is 23.6. The Kier molecular flexibility index (Phi) is 10.3. The van der Waals surface area contributed by atoms with Crippen LogP contribution < -0.4 is 4.90 Å². The van der Waals surface area contributed by atoms with Crippen molar-refractivity contribution in [3.8, 4) is 33.4 Å². The third-order valence-corrected chi connectivity index (χ3v) is 14.8. The van der Waals surface area contributed by atoms with Crippen molar-refractivity contribution in [2.75, 3.05) is 4.90 Å². The third kappa shape index (κ3) is 6.85. The number of rotatable bonds is 8. The van der Waals surface area contributed by atoms with E-state index >= 15 is 0 Å². The Morgan fingerprint density at radius 2 is 1.06 bits per heavy atom. The van der Waals surface area contributed by atoms with Crippen molar-refractivity contribution in [3.63, 3.8) is 0 Å². The molecule has 0 aromatic heterocycles. The number of anilines is 3. The summed E-state index contributed by atoms with van der Waals surface area (Å²) in [6.07, 6.45) is 12.7. The van der Waals surface area contributed by atoms with Gasteiger partial charge in [0.05, 0.1) is 11.1 Å². The van der Waals surface area contributed by atoms with Crippen molar-refractivity contribution in [2.24, 2.45) is 5.92 Å². The van der Waals surface area contributed by atoms with Gasteiger partial charge >= 0.3 is 0 Å². The molecular weight excluding hydrogens is 771 g/mol. The molecule has 3 aliphatic rings. The van der Waals surface area contributed by atoms with Crippen LogP contribution in [0.2, 0.25) is 0 Å². The lowest BCUT2D eigenvalue weighted by molar-refractivity contribution is 0.304. The molecule has 64 heavy (non-hydrogen) atoms. The lowest BCUT2D eigenvalue weighted by atomic mass is 9.67. The van der Waals surface area contributed by atoms with Gasteiger partial charge in [0.2, 0.25) is 0 Å². The zero-order chi connectivity index (χ0) is 43.3. The van der Waals surface area contributed by atoms with Gasteiger partial charge in [0.15, 0.2) is 0 Å². The SMILES string of the molecule is CC(C)(C)c1ccc(N(c2ccc(-c3ccc4c(c3)C(c3ccccc3)(c3ccccc3)c3ccccc3-4)cc2)c2ccccc2-c2cccc3c2C(C2CCCCC2)CC=C3)cc1. The van der Waals surface area contributed by atoms with Crippen LogP contribution in [-0.2, 0) is 10.8 Å². The van der Waals surface area contributed by atoms with Crippen LogP contribution >= 0.6 is 0 Å². The summed E-state index contributed by atoms with van der Waals surface area (Å²) in [5.74, 6) is 1.28. The highest BCUT2D eigenvalue weighted by atomic mass is 15.1. The molecule has 8 aromatic carbocycles. The maximum absolute atomic E-state index is 2.49. The molecule has 0 radical (unpaired) electrons. The summed E-state index contributed by atoms with van der Waals surface area (Å²) in [6, 6.07) is 73.2. The molecule has 8 aromatic rings. The van der Waals surface area contributed by atoms with E-state index in [-0.39, 0.29) is 5.41 Å². The third-order valence-electron chi connectivity index (χ3n) is 14.8. The molecule has 0 N–H and O–H groups in total. The molecule has 3 aliphatic carbocycles. The Hall–Kier alpha value is -6.70. The van der Waals surface area contributed by atoms with Crippen molar-refractivity contribution in [1.82, 2.24) is 0 Å².